The number of fused-ring (bicyclic) bond motifs is 1. The molecule has 0 aliphatic carbocycles. The summed E-state index contributed by atoms with van der Waals surface area (Å²) in [5, 5.41) is 16.0. The molecule has 0 radical (unpaired) electrons. The van der Waals surface area contributed by atoms with Gasteiger partial charge in [0.25, 0.3) is 5.91 Å². The van der Waals surface area contributed by atoms with Crippen LogP contribution >= 0.6 is 11.6 Å². The number of halogens is 2. The number of furan rings is 1. The van der Waals surface area contributed by atoms with Gasteiger partial charge in [-0.15, -0.1) is 0 Å². The molecule has 4 N–H and O–H groups in total. The van der Waals surface area contributed by atoms with Gasteiger partial charge in [-0.25, -0.2) is 17.5 Å². The van der Waals surface area contributed by atoms with Crippen LogP contribution in [0.5, 0.6) is 0 Å². The quantitative estimate of drug-likeness (QED) is 0.272. The van der Waals surface area contributed by atoms with Crippen LogP contribution in [-0.2, 0) is 14.8 Å². The van der Waals surface area contributed by atoms with Crippen molar-refractivity contribution in [2.45, 2.75) is 43.7 Å². The van der Waals surface area contributed by atoms with Crippen molar-refractivity contribution in [3.8, 4) is 0 Å². The lowest BCUT2D eigenvalue weighted by molar-refractivity contribution is -0.123. The van der Waals surface area contributed by atoms with Crippen LogP contribution < -0.4 is 15.4 Å². The SMILES string of the molecule is CC(C)C[C@H](NC(=O)c1cc2ccccc2o1)C(=O)NC[C@@H](O)CCNS(=O)(=O)c1ccc(F)cc1Cl. The van der Waals surface area contributed by atoms with E-state index in [1.54, 1.807) is 18.2 Å². The summed E-state index contributed by atoms with van der Waals surface area (Å²) in [5.74, 6) is -1.53. The molecule has 0 spiro atoms. The molecule has 2 aromatic carbocycles. The maximum Gasteiger partial charge on any atom is 0.287 e. The molecule has 1 aromatic heterocycles. The fourth-order valence-electron chi connectivity index (χ4n) is 3.60. The minimum Gasteiger partial charge on any atom is -0.451 e. The van der Waals surface area contributed by atoms with Crippen LogP contribution in [0.3, 0.4) is 0 Å². The van der Waals surface area contributed by atoms with Crippen molar-refractivity contribution in [3.63, 3.8) is 0 Å². The van der Waals surface area contributed by atoms with Gasteiger partial charge in [0, 0.05) is 18.5 Å². The minimum absolute atomic E-state index is 0.0154. The second kappa shape index (κ2) is 12.5. The molecule has 12 heteroatoms. The van der Waals surface area contributed by atoms with Gasteiger partial charge in [0.2, 0.25) is 15.9 Å². The predicted molar refractivity (Wildman–Crippen MR) is 137 cm³/mol. The summed E-state index contributed by atoms with van der Waals surface area (Å²) >= 11 is 5.81. The van der Waals surface area contributed by atoms with Gasteiger partial charge in [-0.05, 0) is 49.1 Å². The first kappa shape index (κ1) is 28.6. The first-order chi connectivity index (χ1) is 17.5. The van der Waals surface area contributed by atoms with E-state index < -0.39 is 39.8 Å². The number of nitrogens with one attached hydrogen (secondary N) is 3. The summed E-state index contributed by atoms with van der Waals surface area (Å²) in [4.78, 5) is 25.2. The van der Waals surface area contributed by atoms with Crippen molar-refractivity contribution < 1.29 is 31.9 Å². The van der Waals surface area contributed by atoms with Crippen LogP contribution in [0.1, 0.15) is 37.2 Å². The number of carbonyl (C=O) groups excluding carboxylic acids is 2. The zero-order chi connectivity index (χ0) is 27.2. The van der Waals surface area contributed by atoms with Crippen molar-refractivity contribution in [2.24, 2.45) is 5.92 Å². The van der Waals surface area contributed by atoms with E-state index in [4.69, 9.17) is 16.0 Å². The molecular weight excluding hydrogens is 525 g/mol. The lowest BCUT2D eigenvalue weighted by atomic mass is 10.0. The Morgan fingerprint density at radius 2 is 1.86 bits per heavy atom. The summed E-state index contributed by atoms with van der Waals surface area (Å²) in [6.07, 6.45) is -0.730. The number of amides is 2. The summed E-state index contributed by atoms with van der Waals surface area (Å²) in [7, 11) is -4.01. The molecule has 37 heavy (non-hydrogen) atoms. The van der Waals surface area contributed by atoms with E-state index >= 15 is 0 Å². The predicted octanol–water partition coefficient (Wildman–Crippen LogP) is 3.22. The monoisotopic (exact) mass is 553 g/mol. The highest BCUT2D eigenvalue weighted by molar-refractivity contribution is 7.89. The molecule has 0 fully saturated rings. The van der Waals surface area contributed by atoms with E-state index in [9.17, 15) is 27.5 Å². The lowest BCUT2D eigenvalue weighted by Crippen LogP contribution is -2.49. The van der Waals surface area contributed by atoms with Gasteiger partial charge in [0.15, 0.2) is 5.76 Å². The van der Waals surface area contributed by atoms with Gasteiger partial charge in [-0.2, -0.15) is 0 Å². The Hall–Kier alpha value is -2.99. The smallest absolute Gasteiger partial charge is 0.287 e. The lowest BCUT2D eigenvalue weighted by Gasteiger charge is -2.21. The van der Waals surface area contributed by atoms with Crippen LogP contribution in [-0.4, -0.2) is 50.6 Å². The Bertz CT molecular complexity index is 1330. The summed E-state index contributed by atoms with van der Waals surface area (Å²) in [6.45, 7) is 3.50. The third-order valence-electron chi connectivity index (χ3n) is 5.44. The van der Waals surface area contributed by atoms with Gasteiger partial charge in [0.1, 0.15) is 22.3 Å². The fraction of sp³-hybridized carbons (Fsp3) is 0.360. The maximum atomic E-state index is 13.2. The highest BCUT2D eigenvalue weighted by Gasteiger charge is 2.25. The number of para-hydroxylation sites is 1. The van der Waals surface area contributed by atoms with Gasteiger partial charge < -0.3 is 20.2 Å². The summed E-state index contributed by atoms with van der Waals surface area (Å²) < 4.78 is 45.7. The van der Waals surface area contributed by atoms with Crippen LogP contribution in [0.4, 0.5) is 4.39 Å². The zero-order valence-corrected chi connectivity index (χ0v) is 21.9. The first-order valence-corrected chi connectivity index (χ1v) is 13.5. The molecular formula is C25H29ClFN3O6S. The van der Waals surface area contributed by atoms with E-state index in [-0.39, 0.29) is 41.1 Å². The standard InChI is InChI=1S/C25H29ClFN3O6S/c1-15(2)11-20(30-25(33)22-12-16-5-3-4-6-21(16)36-22)24(32)28-14-18(31)9-10-29-37(34,35)23-8-7-17(27)13-19(23)26/h3-8,12-13,15,18,20,29,31H,9-11,14H2,1-2H3,(H,28,32)(H,30,33)/t18-,20-/m0/s1. The maximum absolute atomic E-state index is 13.2. The molecule has 0 saturated carbocycles. The molecule has 0 saturated heterocycles. The van der Waals surface area contributed by atoms with Crippen LogP contribution in [0, 0.1) is 11.7 Å². The Balaban J connectivity index is 1.51. The molecule has 9 nitrogen and oxygen atoms in total. The number of hydrogen-bond donors (Lipinski definition) is 4. The fourth-order valence-corrected chi connectivity index (χ4v) is 5.18. The Morgan fingerprint density at radius 1 is 1.14 bits per heavy atom. The average Bonchev–Trinajstić information content (AvgIpc) is 3.26. The molecule has 3 aromatic rings. The summed E-state index contributed by atoms with van der Waals surface area (Å²) in [6, 6.07) is 10.8. The number of rotatable bonds is 12. The normalized spacial score (nSPS) is 13.5. The number of sulfonamides is 1. The molecule has 200 valence electrons. The number of aliphatic hydroxyl groups is 1. The molecule has 2 atom stereocenters. The minimum atomic E-state index is -4.01. The van der Waals surface area contributed by atoms with E-state index in [1.807, 2.05) is 26.0 Å². The topological polar surface area (TPSA) is 138 Å². The molecule has 0 aliphatic rings. The molecule has 1 heterocycles. The van der Waals surface area contributed by atoms with E-state index in [0.29, 0.717) is 12.0 Å². The average molecular weight is 554 g/mol. The summed E-state index contributed by atoms with van der Waals surface area (Å²) in [5.41, 5.74) is 0.554. The number of carbonyl (C=O) groups is 2. The number of benzene rings is 2. The highest BCUT2D eigenvalue weighted by Crippen LogP contribution is 2.22. The Kier molecular flexibility index (Phi) is 9.66. The van der Waals surface area contributed by atoms with Crippen molar-refractivity contribution in [2.75, 3.05) is 13.1 Å². The first-order valence-electron chi connectivity index (χ1n) is 11.7. The molecule has 0 aliphatic heterocycles. The van der Waals surface area contributed by atoms with Crippen LogP contribution in [0.2, 0.25) is 5.02 Å². The zero-order valence-electron chi connectivity index (χ0n) is 20.3. The van der Waals surface area contributed by atoms with Crippen molar-refractivity contribution in [3.05, 3.63) is 65.1 Å². The van der Waals surface area contributed by atoms with E-state index in [1.165, 1.54) is 0 Å². The van der Waals surface area contributed by atoms with Crippen molar-refractivity contribution >= 4 is 44.4 Å². The van der Waals surface area contributed by atoms with Gasteiger partial charge in [0.05, 0.1) is 11.1 Å². The third-order valence-corrected chi connectivity index (χ3v) is 7.39. The largest absolute Gasteiger partial charge is 0.451 e. The van der Waals surface area contributed by atoms with Crippen molar-refractivity contribution in [1.29, 1.82) is 0 Å². The Labute approximate surface area is 219 Å². The van der Waals surface area contributed by atoms with Gasteiger partial charge in [-0.3, -0.25) is 9.59 Å². The van der Waals surface area contributed by atoms with Crippen molar-refractivity contribution in [1.82, 2.24) is 15.4 Å². The molecule has 3 rings (SSSR count). The van der Waals surface area contributed by atoms with E-state index in [0.717, 1.165) is 23.6 Å². The Morgan fingerprint density at radius 3 is 2.54 bits per heavy atom. The molecule has 0 bridgehead atoms. The molecule has 0 unspecified atom stereocenters. The van der Waals surface area contributed by atoms with Crippen LogP contribution in [0.15, 0.2) is 57.8 Å². The highest BCUT2D eigenvalue weighted by atomic mass is 35.5. The van der Waals surface area contributed by atoms with Crippen LogP contribution in [0.25, 0.3) is 11.0 Å². The van der Waals surface area contributed by atoms with Gasteiger partial charge >= 0.3 is 0 Å². The van der Waals surface area contributed by atoms with E-state index in [2.05, 4.69) is 15.4 Å². The number of hydrogen-bond acceptors (Lipinski definition) is 6. The molecule has 2 amide bonds. The second-order valence-electron chi connectivity index (χ2n) is 8.96. The third kappa shape index (κ3) is 8.00. The number of aliphatic hydroxyl groups excluding tert-OH is 1. The second-order valence-corrected chi connectivity index (χ2v) is 11.1. The van der Waals surface area contributed by atoms with Gasteiger partial charge in [-0.1, -0.05) is 43.6 Å².